The third-order valence-corrected chi connectivity index (χ3v) is 4.44. The summed E-state index contributed by atoms with van der Waals surface area (Å²) in [5, 5.41) is 2.24. The first-order valence-electron chi connectivity index (χ1n) is 7.20. The molecule has 4 heteroatoms. The molecule has 4 nitrogen and oxygen atoms in total. The second kappa shape index (κ2) is 5.29. The highest BCUT2D eigenvalue weighted by molar-refractivity contribution is 6.00. The Bertz CT molecular complexity index is 602. The number of benzene rings is 1. The van der Waals surface area contributed by atoms with Crippen LogP contribution in [-0.4, -0.2) is 43.1 Å². The summed E-state index contributed by atoms with van der Waals surface area (Å²) in [5.74, 6) is 0. The molecule has 0 radical (unpaired) electrons. The molecule has 2 N–H and O–H groups in total. The molecule has 0 amide bonds. The maximum absolute atomic E-state index is 6.06. The number of nitrogens with two attached hydrogens (primary N) is 1. The van der Waals surface area contributed by atoms with E-state index in [9.17, 15) is 0 Å². The Morgan fingerprint density at radius 1 is 1.20 bits per heavy atom. The first-order chi connectivity index (χ1) is 9.66. The van der Waals surface area contributed by atoms with Gasteiger partial charge in [-0.3, -0.25) is 4.98 Å². The van der Waals surface area contributed by atoms with Crippen LogP contribution in [-0.2, 0) is 0 Å². The minimum atomic E-state index is 0.603. The van der Waals surface area contributed by atoms with Crippen molar-refractivity contribution >= 4 is 22.1 Å². The van der Waals surface area contributed by atoms with E-state index in [1.54, 1.807) is 0 Å². The molecule has 0 aliphatic carbocycles. The van der Waals surface area contributed by atoms with Crippen molar-refractivity contribution in [3.05, 3.63) is 30.6 Å². The summed E-state index contributed by atoms with van der Waals surface area (Å²) in [6.07, 6.45) is 6.12. The number of piperidine rings is 1. The average molecular weight is 270 g/mol. The minimum Gasteiger partial charge on any atom is -0.398 e. The number of nitrogens with zero attached hydrogens (tertiary/aromatic N) is 3. The fourth-order valence-electron chi connectivity index (χ4n) is 3.08. The summed E-state index contributed by atoms with van der Waals surface area (Å²) in [6.45, 7) is 2.34. The number of anilines is 2. The third-order valence-electron chi connectivity index (χ3n) is 4.44. The summed E-state index contributed by atoms with van der Waals surface area (Å²) in [6, 6.07) is 6.79. The van der Waals surface area contributed by atoms with E-state index in [1.807, 2.05) is 18.5 Å². The molecule has 1 aliphatic heterocycles. The van der Waals surface area contributed by atoms with E-state index in [0.29, 0.717) is 6.04 Å². The summed E-state index contributed by atoms with van der Waals surface area (Å²) in [7, 11) is 4.39. The summed E-state index contributed by atoms with van der Waals surface area (Å²) >= 11 is 0. The van der Waals surface area contributed by atoms with Gasteiger partial charge in [0, 0.05) is 47.6 Å². The Morgan fingerprint density at radius 3 is 2.70 bits per heavy atom. The van der Waals surface area contributed by atoms with Crippen LogP contribution < -0.4 is 10.6 Å². The quantitative estimate of drug-likeness (QED) is 0.851. The Labute approximate surface area is 120 Å². The van der Waals surface area contributed by atoms with Gasteiger partial charge in [-0.2, -0.15) is 0 Å². The van der Waals surface area contributed by atoms with Crippen LogP contribution >= 0.6 is 0 Å². The monoisotopic (exact) mass is 270 g/mol. The summed E-state index contributed by atoms with van der Waals surface area (Å²) in [4.78, 5) is 9.00. The van der Waals surface area contributed by atoms with Crippen molar-refractivity contribution in [2.75, 3.05) is 37.8 Å². The van der Waals surface area contributed by atoms with Crippen LogP contribution in [0.4, 0.5) is 11.4 Å². The molecular formula is C16H22N4. The largest absolute Gasteiger partial charge is 0.398 e. The predicted octanol–water partition coefficient (Wildman–Crippen LogP) is 2.35. The predicted molar refractivity (Wildman–Crippen MR) is 85.1 cm³/mol. The van der Waals surface area contributed by atoms with E-state index in [4.69, 9.17) is 5.73 Å². The molecule has 3 rings (SSSR count). The molecule has 1 aliphatic rings. The molecule has 106 valence electrons. The number of aromatic nitrogens is 1. The number of hydrogen-bond donors (Lipinski definition) is 1. The Balaban J connectivity index is 1.95. The molecule has 0 bridgehead atoms. The summed E-state index contributed by atoms with van der Waals surface area (Å²) in [5.41, 5.74) is 8.11. The van der Waals surface area contributed by atoms with Gasteiger partial charge in [-0.05, 0) is 51.2 Å². The van der Waals surface area contributed by atoms with Crippen LogP contribution in [0.5, 0.6) is 0 Å². The second-order valence-corrected chi connectivity index (χ2v) is 5.74. The fourth-order valence-corrected chi connectivity index (χ4v) is 3.08. The summed E-state index contributed by atoms with van der Waals surface area (Å²) < 4.78 is 0. The van der Waals surface area contributed by atoms with Gasteiger partial charge in [0.15, 0.2) is 0 Å². The highest BCUT2D eigenvalue weighted by Crippen LogP contribution is 2.32. The topological polar surface area (TPSA) is 45.4 Å². The minimum absolute atomic E-state index is 0.603. The molecule has 1 fully saturated rings. The highest BCUT2D eigenvalue weighted by Gasteiger charge is 2.22. The number of likely N-dealkylation sites (tertiary alicyclic amines) is 1. The lowest BCUT2D eigenvalue weighted by Gasteiger charge is -2.37. The maximum Gasteiger partial charge on any atom is 0.0448 e. The lowest BCUT2D eigenvalue weighted by molar-refractivity contribution is 0.253. The van der Waals surface area contributed by atoms with Gasteiger partial charge in [-0.1, -0.05) is 0 Å². The SMILES string of the molecule is CN1CCC(N(C)c2ccc(N)c3cnccc23)CC1. The van der Waals surface area contributed by atoms with Crippen LogP contribution in [0.2, 0.25) is 0 Å². The maximum atomic E-state index is 6.06. The highest BCUT2D eigenvalue weighted by atomic mass is 15.2. The lowest BCUT2D eigenvalue weighted by Crippen LogP contribution is -2.42. The van der Waals surface area contributed by atoms with Crippen molar-refractivity contribution in [1.29, 1.82) is 0 Å². The Morgan fingerprint density at radius 2 is 1.95 bits per heavy atom. The van der Waals surface area contributed by atoms with Crippen molar-refractivity contribution < 1.29 is 0 Å². The number of fused-ring (bicyclic) bond motifs is 1. The van der Waals surface area contributed by atoms with Crippen LogP contribution in [0.25, 0.3) is 10.8 Å². The van der Waals surface area contributed by atoms with Crippen molar-refractivity contribution in [3.8, 4) is 0 Å². The zero-order valence-electron chi connectivity index (χ0n) is 12.2. The Hall–Kier alpha value is -1.81. The van der Waals surface area contributed by atoms with E-state index >= 15 is 0 Å². The van der Waals surface area contributed by atoms with Gasteiger partial charge < -0.3 is 15.5 Å². The van der Waals surface area contributed by atoms with E-state index in [-0.39, 0.29) is 0 Å². The standard InChI is InChI=1S/C16H22N4/c1-19-9-6-12(7-10-19)20(2)16-4-3-15(17)14-11-18-8-5-13(14)16/h3-5,8,11-12H,6-7,9-10,17H2,1-2H3. The molecule has 0 atom stereocenters. The smallest absolute Gasteiger partial charge is 0.0448 e. The second-order valence-electron chi connectivity index (χ2n) is 5.74. The van der Waals surface area contributed by atoms with E-state index in [1.165, 1.54) is 37.0 Å². The molecule has 2 heterocycles. The number of rotatable bonds is 2. The molecule has 1 saturated heterocycles. The molecule has 0 unspecified atom stereocenters. The average Bonchev–Trinajstić information content (AvgIpc) is 2.48. The van der Waals surface area contributed by atoms with E-state index in [2.05, 4.69) is 41.0 Å². The molecular weight excluding hydrogens is 248 g/mol. The number of pyridine rings is 1. The van der Waals surface area contributed by atoms with Gasteiger partial charge in [0.25, 0.3) is 0 Å². The lowest BCUT2D eigenvalue weighted by atomic mass is 10.0. The van der Waals surface area contributed by atoms with E-state index < -0.39 is 0 Å². The third kappa shape index (κ3) is 2.31. The van der Waals surface area contributed by atoms with Crippen molar-refractivity contribution in [1.82, 2.24) is 9.88 Å². The first kappa shape index (κ1) is 13.2. The first-order valence-corrected chi connectivity index (χ1v) is 7.20. The number of nitrogen functional groups attached to an aromatic ring is 1. The molecule has 1 aromatic heterocycles. The van der Waals surface area contributed by atoms with Crippen molar-refractivity contribution in [2.24, 2.45) is 0 Å². The van der Waals surface area contributed by atoms with Gasteiger partial charge in [-0.25, -0.2) is 0 Å². The van der Waals surface area contributed by atoms with Gasteiger partial charge >= 0.3 is 0 Å². The number of hydrogen-bond acceptors (Lipinski definition) is 4. The molecule has 1 aromatic carbocycles. The van der Waals surface area contributed by atoms with Gasteiger partial charge in [0.1, 0.15) is 0 Å². The molecule has 2 aromatic rings. The van der Waals surface area contributed by atoms with Crippen molar-refractivity contribution in [2.45, 2.75) is 18.9 Å². The van der Waals surface area contributed by atoms with Crippen LogP contribution in [0.3, 0.4) is 0 Å². The van der Waals surface area contributed by atoms with Gasteiger partial charge in [-0.15, -0.1) is 0 Å². The zero-order valence-corrected chi connectivity index (χ0v) is 12.2. The van der Waals surface area contributed by atoms with Crippen molar-refractivity contribution in [3.63, 3.8) is 0 Å². The molecule has 0 spiro atoms. The Kier molecular flexibility index (Phi) is 3.49. The van der Waals surface area contributed by atoms with Crippen LogP contribution in [0, 0.1) is 0 Å². The van der Waals surface area contributed by atoms with Crippen LogP contribution in [0.1, 0.15) is 12.8 Å². The normalized spacial score (nSPS) is 17.5. The molecule has 20 heavy (non-hydrogen) atoms. The van der Waals surface area contributed by atoms with Gasteiger partial charge in [0.2, 0.25) is 0 Å². The fraction of sp³-hybridized carbons (Fsp3) is 0.438. The zero-order chi connectivity index (χ0) is 14.1. The van der Waals surface area contributed by atoms with Gasteiger partial charge in [0.05, 0.1) is 0 Å². The van der Waals surface area contributed by atoms with E-state index in [0.717, 1.165) is 11.1 Å². The van der Waals surface area contributed by atoms with Crippen LogP contribution in [0.15, 0.2) is 30.6 Å². The molecule has 0 saturated carbocycles.